The van der Waals surface area contributed by atoms with Crippen LogP contribution in [0.3, 0.4) is 0 Å². The molecule has 2 N–H and O–H groups in total. The fraction of sp³-hybridized carbons (Fsp3) is 0.588. The van der Waals surface area contributed by atoms with Gasteiger partial charge in [0.2, 0.25) is 5.91 Å². The summed E-state index contributed by atoms with van der Waals surface area (Å²) in [5, 5.41) is 12.7. The molecule has 2 fully saturated rings. The highest BCUT2D eigenvalue weighted by molar-refractivity contribution is 5.76. The van der Waals surface area contributed by atoms with Crippen LogP contribution in [0.4, 0.5) is 4.39 Å². The van der Waals surface area contributed by atoms with Crippen LogP contribution in [0.1, 0.15) is 43.8 Å². The monoisotopic (exact) mass is 291 g/mol. The summed E-state index contributed by atoms with van der Waals surface area (Å²) in [6, 6.07) is 6.12. The van der Waals surface area contributed by atoms with Crippen LogP contribution >= 0.6 is 0 Å². The van der Waals surface area contributed by atoms with E-state index in [1.807, 2.05) is 0 Å². The van der Waals surface area contributed by atoms with Gasteiger partial charge >= 0.3 is 0 Å². The highest BCUT2D eigenvalue weighted by Crippen LogP contribution is 2.49. The van der Waals surface area contributed by atoms with E-state index in [1.165, 1.54) is 31.7 Å². The highest BCUT2D eigenvalue weighted by atomic mass is 19.1. The van der Waals surface area contributed by atoms with Gasteiger partial charge in [0.1, 0.15) is 5.82 Å². The minimum Gasteiger partial charge on any atom is -0.386 e. The van der Waals surface area contributed by atoms with Gasteiger partial charge in [-0.05, 0) is 43.1 Å². The number of rotatable bonds is 5. The molecule has 114 valence electrons. The maximum atomic E-state index is 13.5. The smallest absolute Gasteiger partial charge is 0.220 e. The zero-order chi connectivity index (χ0) is 14.8. The van der Waals surface area contributed by atoms with Crippen LogP contribution in [0.5, 0.6) is 0 Å². The molecule has 1 aromatic carbocycles. The Hall–Kier alpha value is -1.42. The van der Waals surface area contributed by atoms with E-state index in [1.54, 1.807) is 18.2 Å². The first kappa shape index (κ1) is 14.5. The molecule has 4 unspecified atom stereocenters. The Morgan fingerprint density at radius 2 is 2.14 bits per heavy atom. The lowest BCUT2D eigenvalue weighted by Gasteiger charge is -2.21. The number of fused-ring (bicyclic) bond motifs is 2. The molecule has 2 aliphatic carbocycles. The molecule has 21 heavy (non-hydrogen) atoms. The largest absolute Gasteiger partial charge is 0.386 e. The molecule has 2 aliphatic rings. The van der Waals surface area contributed by atoms with Gasteiger partial charge in [0, 0.05) is 18.5 Å². The molecule has 0 radical (unpaired) electrons. The minimum atomic E-state index is -0.991. The average molecular weight is 291 g/mol. The van der Waals surface area contributed by atoms with Gasteiger partial charge in [-0.15, -0.1) is 0 Å². The summed E-state index contributed by atoms with van der Waals surface area (Å²) in [6.07, 6.45) is 4.61. The summed E-state index contributed by atoms with van der Waals surface area (Å²) in [5.41, 5.74) is 0.234. The van der Waals surface area contributed by atoms with Crippen molar-refractivity contribution in [3.8, 4) is 0 Å². The first-order valence-corrected chi connectivity index (χ1v) is 7.82. The molecule has 0 saturated heterocycles. The molecule has 4 atom stereocenters. The van der Waals surface area contributed by atoms with Crippen LogP contribution < -0.4 is 5.32 Å². The number of hydrogen-bond donors (Lipinski definition) is 2. The van der Waals surface area contributed by atoms with E-state index >= 15 is 0 Å². The Morgan fingerprint density at radius 3 is 2.81 bits per heavy atom. The predicted molar refractivity (Wildman–Crippen MR) is 77.9 cm³/mol. The Morgan fingerprint density at radius 1 is 1.33 bits per heavy atom. The Bertz CT molecular complexity index is 519. The highest BCUT2D eigenvalue weighted by Gasteiger charge is 2.40. The summed E-state index contributed by atoms with van der Waals surface area (Å²) in [5.74, 6) is 1.60. The lowest BCUT2D eigenvalue weighted by atomic mass is 9.86. The molecule has 2 saturated carbocycles. The number of benzene rings is 1. The lowest BCUT2D eigenvalue weighted by Crippen LogP contribution is -2.31. The number of nitrogens with one attached hydrogen (secondary N) is 1. The Labute approximate surface area is 124 Å². The second-order valence-electron chi connectivity index (χ2n) is 6.48. The molecule has 1 aromatic rings. The summed E-state index contributed by atoms with van der Waals surface area (Å²) in [4.78, 5) is 12.0. The molecule has 4 heteroatoms. The van der Waals surface area contributed by atoms with Gasteiger partial charge in [0.25, 0.3) is 0 Å². The van der Waals surface area contributed by atoms with Gasteiger partial charge in [-0.2, -0.15) is 0 Å². The van der Waals surface area contributed by atoms with Crippen molar-refractivity contribution in [3.63, 3.8) is 0 Å². The average Bonchev–Trinajstić information content (AvgIpc) is 3.08. The van der Waals surface area contributed by atoms with E-state index in [-0.39, 0.29) is 18.0 Å². The zero-order valence-corrected chi connectivity index (χ0v) is 12.1. The summed E-state index contributed by atoms with van der Waals surface area (Å²) in [6.45, 7) is 0.0700. The van der Waals surface area contributed by atoms with E-state index in [0.29, 0.717) is 12.3 Å². The number of carbonyl (C=O) groups is 1. The molecule has 1 amide bonds. The fourth-order valence-electron chi connectivity index (χ4n) is 4.00. The van der Waals surface area contributed by atoms with Crippen LogP contribution in [0.15, 0.2) is 24.3 Å². The van der Waals surface area contributed by atoms with Crippen LogP contribution in [-0.2, 0) is 4.79 Å². The molecule has 0 spiro atoms. The third-order valence-electron chi connectivity index (χ3n) is 5.09. The van der Waals surface area contributed by atoms with Gasteiger partial charge in [-0.3, -0.25) is 4.79 Å². The summed E-state index contributed by atoms with van der Waals surface area (Å²) in [7, 11) is 0. The van der Waals surface area contributed by atoms with E-state index < -0.39 is 11.9 Å². The van der Waals surface area contributed by atoms with E-state index in [0.717, 1.165) is 11.8 Å². The number of halogens is 1. The van der Waals surface area contributed by atoms with Crippen LogP contribution in [0.2, 0.25) is 0 Å². The number of aliphatic hydroxyl groups excluding tert-OH is 1. The van der Waals surface area contributed by atoms with Gasteiger partial charge < -0.3 is 10.4 Å². The SMILES string of the molecule is O=C(CC1CC2CCC1C2)NCC(O)c1ccccc1F. The van der Waals surface area contributed by atoms with Crippen molar-refractivity contribution < 1.29 is 14.3 Å². The fourth-order valence-corrected chi connectivity index (χ4v) is 4.00. The topological polar surface area (TPSA) is 49.3 Å². The lowest BCUT2D eigenvalue weighted by molar-refractivity contribution is -0.122. The number of amides is 1. The second kappa shape index (κ2) is 6.14. The molecule has 0 heterocycles. The molecule has 3 rings (SSSR count). The van der Waals surface area contributed by atoms with Gasteiger partial charge in [-0.1, -0.05) is 24.6 Å². The van der Waals surface area contributed by atoms with E-state index in [4.69, 9.17) is 0 Å². The third kappa shape index (κ3) is 3.26. The Balaban J connectivity index is 1.46. The summed E-state index contributed by atoms with van der Waals surface area (Å²) < 4.78 is 13.5. The van der Waals surface area contributed by atoms with E-state index in [2.05, 4.69) is 5.32 Å². The quantitative estimate of drug-likeness (QED) is 0.876. The number of hydrogen-bond acceptors (Lipinski definition) is 2. The van der Waals surface area contributed by atoms with Crippen molar-refractivity contribution in [2.45, 2.75) is 38.2 Å². The summed E-state index contributed by atoms with van der Waals surface area (Å²) >= 11 is 0. The second-order valence-corrected chi connectivity index (χ2v) is 6.48. The van der Waals surface area contributed by atoms with Gasteiger partial charge in [0.05, 0.1) is 6.10 Å². The van der Waals surface area contributed by atoms with E-state index in [9.17, 15) is 14.3 Å². The van der Waals surface area contributed by atoms with Crippen molar-refractivity contribution in [2.75, 3.05) is 6.54 Å². The predicted octanol–water partition coefficient (Wildman–Crippen LogP) is 2.80. The molecule has 2 bridgehead atoms. The third-order valence-corrected chi connectivity index (χ3v) is 5.09. The van der Waals surface area contributed by atoms with Gasteiger partial charge in [0.15, 0.2) is 0 Å². The molecular formula is C17H22FNO2. The van der Waals surface area contributed by atoms with Crippen molar-refractivity contribution in [1.29, 1.82) is 0 Å². The van der Waals surface area contributed by atoms with Crippen LogP contribution in [0.25, 0.3) is 0 Å². The minimum absolute atomic E-state index is 0.0251. The first-order valence-electron chi connectivity index (χ1n) is 7.82. The maximum absolute atomic E-state index is 13.5. The van der Waals surface area contributed by atoms with Crippen LogP contribution in [0, 0.1) is 23.6 Å². The maximum Gasteiger partial charge on any atom is 0.220 e. The van der Waals surface area contributed by atoms with Crippen molar-refractivity contribution in [3.05, 3.63) is 35.6 Å². The van der Waals surface area contributed by atoms with Crippen molar-refractivity contribution in [1.82, 2.24) is 5.32 Å². The first-order chi connectivity index (χ1) is 10.1. The molecule has 0 aromatic heterocycles. The molecular weight excluding hydrogens is 269 g/mol. The number of carbonyl (C=O) groups excluding carboxylic acids is 1. The zero-order valence-electron chi connectivity index (χ0n) is 12.1. The number of aliphatic hydroxyl groups is 1. The Kier molecular flexibility index (Phi) is 4.24. The standard InChI is InChI=1S/C17H22FNO2/c18-15-4-2-1-3-14(15)16(20)10-19-17(21)9-13-8-11-5-6-12(13)7-11/h1-4,11-13,16,20H,5-10H2,(H,19,21). The van der Waals surface area contributed by atoms with Gasteiger partial charge in [-0.25, -0.2) is 4.39 Å². The normalized spacial score (nSPS) is 28.6. The molecule has 3 nitrogen and oxygen atoms in total. The van der Waals surface area contributed by atoms with Crippen molar-refractivity contribution >= 4 is 5.91 Å². The van der Waals surface area contributed by atoms with Crippen LogP contribution in [-0.4, -0.2) is 17.6 Å². The molecule has 0 aliphatic heterocycles. The van der Waals surface area contributed by atoms with Crippen molar-refractivity contribution in [2.24, 2.45) is 17.8 Å².